The summed E-state index contributed by atoms with van der Waals surface area (Å²) in [7, 11) is 1.61. The summed E-state index contributed by atoms with van der Waals surface area (Å²) in [4.78, 5) is 28.4. The number of carbonyl (C=O) groups excluding carboxylic acids is 2. The van der Waals surface area contributed by atoms with Gasteiger partial charge in [-0.15, -0.1) is 4.99 Å². The highest BCUT2D eigenvalue weighted by Gasteiger charge is 2.17. The fourth-order valence-electron chi connectivity index (χ4n) is 0.978. The number of rotatable bonds is 3. The smallest absolute Gasteiger partial charge is 0.358 e. The zero-order chi connectivity index (χ0) is 10.6. The lowest BCUT2D eigenvalue weighted by Gasteiger charge is -2.01. The van der Waals surface area contributed by atoms with E-state index < -0.39 is 5.97 Å². The van der Waals surface area contributed by atoms with Crippen molar-refractivity contribution in [2.75, 3.05) is 6.61 Å². The Morgan fingerprint density at radius 2 is 2.50 bits per heavy atom. The van der Waals surface area contributed by atoms with Crippen LogP contribution in [0.5, 0.6) is 0 Å². The minimum Gasteiger partial charge on any atom is -0.461 e. The first-order valence-corrected chi connectivity index (χ1v) is 3.97. The van der Waals surface area contributed by atoms with Gasteiger partial charge in [0, 0.05) is 7.05 Å². The Kier molecular flexibility index (Phi) is 3.14. The van der Waals surface area contributed by atoms with Crippen LogP contribution in [-0.2, 0) is 16.6 Å². The fourth-order valence-corrected chi connectivity index (χ4v) is 0.978. The molecule has 0 aliphatic heterocycles. The molecule has 0 atom stereocenters. The van der Waals surface area contributed by atoms with Gasteiger partial charge in [-0.2, -0.15) is 0 Å². The van der Waals surface area contributed by atoms with E-state index in [1.807, 2.05) is 0 Å². The van der Waals surface area contributed by atoms with E-state index in [1.54, 1.807) is 14.0 Å². The molecular formula is C8H9N3O3. The normalized spacial score (nSPS) is 9.29. The standard InChI is InChI=1S/C8H9N3O3/c1-3-14-8(13)6-7(10-5-12)9-4-11(6)2/h4H,3H2,1-2H3. The number of carbonyl (C=O) groups is 1. The second kappa shape index (κ2) is 4.34. The Morgan fingerprint density at radius 1 is 1.79 bits per heavy atom. The summed E-state index contributed by atoms with van der Waals surface area (Å²) in [5, 5.41) is 0. The largest absolute Gasteiger partial charge is 0.461 e. The van der Waals surface area contributed by atoms with Crippen molar-refractivity contribution in [2.45, 2.75) is 6.92 Å². The molecule has 0 amide bonds. The van der Waals surface area contributed by atoms with Crippen molar-refractivity contribution in [3.05, 3.63) is 12.0 Å². The molecule has 0 aliphatic carbocycles. The molecule has 0 unspecified atom stereocenters. The maximum Gasteiger partial charge on any atom is 0.358 e. The summed E-state index contributed by atoms with van der Waals surface area (Å²) in [5.74, 6) is -0.526. The van der Waals surface area contributed by atoms with Gasteiger partial charge in [-0.1, -0.05) is 0 Å². The lowest BCUT2D eigenvalue weighted by molar-refractivity contribution is 0.0516. The SMILES string of the molecule is CCOC(=O)c1c(N=C=O)ncn1C. The zero-order valence-corrected chi connectivity index (χ0v) is 7.85. The first-order chi connectivity index (χ1) is 6.70. The highest BCUT2D eigenvalue weighted by Crippen LogP contribution is 2.16. The number of nitrogens with zero attached hydrogens (tertiary/aromatic N) is 3. The summed E-state index contributed by atoms with van der Waals surface area (Å²) >= 11 is 0. The molecule has 0 spiro atoms. The maximum atomic E-state index is 11.3. The number of esters is 1. The third-order valence-electron chi connectivity index (χ3n) is 1.54. The van der Waals surface area contributed by atoms with Crippen LogP contribution in [0.2, 0.25) is 0 Å². The minimum atomic E-state index is -0.554. The van der Waals surface area contributed by atoms with Gasteiger partial charge in [-0.3, -0.25) is 0 Å². The van der Waals surface area contributed by atoms with Crippen LogP contribution in [0.1, 0.15) is 17.4 Å². The molecule has 1 aromatic heterocycles. The second-order valence-electron chi connectivity index (χ2n) is 2.45. The number of hydrogen-bond acceptors (Lipinski definition) is 5. The van der Waals surface area contributed by atoms with Crippen LogP contribution in [0.25, 0.3) is 0 Å². The van der Waals surface area contributed by atoms with Gasteiger partial charge in [0.15, 0.2) is 11.5 Å². The van der Waals surface area contributed by atoms with Crippen LogP contribution in [0.15, 0.2) is 11.3 Å². The molecule has 0 fully saturated rings. The van der Waals surface area contributed by atoms with Gasteiger partial charge < -0.3 is 9.30 Å². The molecule has 1 rings (SSSR count). The molecule has 0 saturated heterocycles. The molecule has 0 saturated carbocycles. The Balaban J connectivity index is 3.10. The Labute approximate surface area is 80.2 Å². The molecule has 6 heteroatoms. The fraction of sp³-hybridized carbons (Fsp3) is 0.375. The molecule has 0 bridgehead atoms. The van der Waals surface area contributed by atoms with Crippen molar-refractivity contribution in [3.8, 4) is 0 Å². The highest BCUT2D eigenvalue weighted by atomic mass is 16.5. The van der Waals surface area contributed by atoms with Crippen LogP contribution in [0.4, 0.5) is 5.82 Å². The van der Waals surface area contributed by atoms with E-state index in [-0.39, 0.29) is 18.1 Å². The summed E-state index contributed by atoms with van der Waals surface area (Å²) < 4.78 is 6.20. The molecule has 74 valence electrons. The van der Waals surface area contributed by atoms with Gasteiger partial charge in [0.1, 0.15) is 0 Å². The van der Waals surface area contributed by atoms with E-state index in [9.17, 15) is 9.59 Å². The molecule has 6 nitrogen and oxygen atoms in total. The average molecular weight is 195 g/mol. The average Bonchev–Trinajstić information content (AvgIpc) is 2.48. The first-order valence-electron chi connectivity index (χ1n) is 3.97. The van der Waals surface area contributed by atoms with E-state index in [1.165, 1.54) is 17.0 Å². The van der Waals surface area contributed by atoms with Crippen molar-refractivity contribution in [3.63, 3.8) is 0 Å². The van der Waals surface area contributed by atoms with E-state index in [0.717, 1.165) is 0 Å². The Bertz CT molecular complexity index is 391. The molecule has 0 aliphatic rings. The number of imidazole rings is 1. The molecule has 0 N–H and O–H groups in total. The highest BCUT2D eigenvalue weighted by molar-refractivity contribution is 5.92. The van der Waals surface area contributed by atoms with Crippen molar-refractivity contribution >= 4 is 17.9 Å². The summed E-state index contributed by atoms with van der Waals surface area (Å²) in [6, 6.07) is 0. The summed E-state index contributed by atoms with van der Waals surface area (Å²) in [5.41, 5.74) is 0.148. The van der Waals surface area contributed by atoms with Crippen molar-refractivity contribution in [1.82, 2.24) is 9.55 Å². The van der Waals surface area contributed by atoms with Crippen molar-refractivity contribution in [2.24, 2.45) is 12.0 Å². The second-order valence-corrected chi connectivity index (χ2v) is 2.45. The molecule has 14 heavy (non-hydrogen) atoms. The van der Waals surface area contributed by atoms with Gasteiger partial charge in [0.2, 0.25) is 6.08 Å². The lowest BCUT2D eigenvalue weighted by Crippen LogP contribution is -2.09. The number of ether oxygens (including phenoxy) is 1. The number of aromatic nitrogens is 2. The van der Waals surface area contributed by atoms with Gasteiger partial charge in [-0.05, 0) is 6.92 Å². The Morgan fingerprint density at radius 3 is 3.07 bits per heavy atom. The molecule has 1 heterocycles. The Hall–Kier alpha value is -1.94. The van der Waals surface area contributed by atoms with Gasteiger partial charge in [0.05, 0.1) is 12.9 Å². The molecular weight excluding hydrogens is 186 g/mol. The zero-order valence-electron chi connectivity index (χ0n) is 7.85. The third kappa shape index (κ3) is 1.86. The van der Waals surface area contributed by atoms with Crippen LogP contribution >= 0.6 is 0 Å². The third-order valence-corrected chi connectivity index (χ3v) is 1.54. The van der Waals surface area contributed by atoms with Gasteiger partial charge in [-0.25, -0.2) is 14.6 Å². The first kappa shape index (κ1) is 10.1. The number of hydrogen-bond donors (Lipinski definition) is 0. The van der Waals surface area contributed by atoms with E-state index in [4.69, 9.17) is 4.74 Å². The topological polar surface area (TPSA) is 73.6 Å². The van der Waals surface area contributed by atoms with E-state index in [2.05, 4.69) is 9.98 Å². The maximum absolute atomic E-state index is 11.3. The minimum absolute atomic E-state index is 0.0287. The van der Waals surface area contributed by atoms with Crippen LogP contribution < -0.4 is 0 Å². The van der Waals surface area contributed by atoms with E-state index in [0.29, 0.717) is 0 Å². The number of isocyanates is 1. The summed E-state index contributed by atoms with van der Waals surface area (Å²) in [6.07, 6.45) is 2.70. The predicted molar refractivity (Wildman–Crippen MR) is 46.9 cm³/mol. The van der Waals surface area contributed by atoms with Crippen molar-refractivity contribution in [1.29, 1.82) is 0 Å². The quantitative estimate of drug-likeness (QED) is 0.401. The lowest BCUT2D eigenvalue weighted by atomic mass is 10.4. The van der Waals surface area contributed by atoms with Crippen LogP contribution in [0, 0.1) is 0 Å². The van der Waals surface area contributed by atoms with Crippen LogP contribution in [-0.4, -0.2) is 28.2 Å². The summed E-state index contributed by atoms with van der Waals surface area (Å²) in [6.45, 7) is 1.95. The number of aryl methyl sites for hydroxylation is 1. The number of aliphatic imine (C=N–C) groups is 1. The molecule has 1 aromatic rings. The monoisotopic (exact) mass is 195 g/mol. The van der Waals surface area contributed by atoms with E-state index >= 15 is 0 Å². The van der Waals surface area contributed by atoms with Crippen LogP contribution in [0.3, 0.4) is 0 Å². The molecule has 0 aromatic carbocycles. The predicted octanol–water partition coefficient (Wildman–Crippen LogP) is 0.564. The van der Waals surface area contributed by atoms with Gasteiger partial charge >= 0.3 is 5.97 Å². The van der Waals surface area contributed by atoms with Crippen molar-refractivity contribution < 1.29 is 14.3 Å². The molecule has 0 radical (unpaired) electrons. The van der Waals surface area contributed by atoms with Gasteiger partial charge in [0.25, 0.3) is 0 Å².